The third-order valence-corrected chi connectivity index (χ3v) is 1.39. The average molecular weight is 209 g/mol. The van der Waals surface area contributed by atoms with Crippen molar-refractivity contribution in [2.45, 2.75) is 0 Å². The number of nitrogens with zero attached hydrogens (tertiary/aromatic N) is 3. The van der Waals surface area contributed by atoms with Crippen molar-refractivity contribution in [2.75, 3.05) is 19.8 Å². The minimum absolute atomic E-state index is 0.0540. The van der Waals surface area contributed by atoms with Crippen LogP contribution in [0.2, 0.25) is 0 Å². The molecule has 1 aromatic heterocycles. The second kappa shape index (κ2) is 4.36. The zero-order valence-electron chi connectivity index (χ0n) is 8.39. The molecule has 15 heavy (non-hydrogen) atoms. The molecule has 0 spiro atoms. The fourth-order valence-electron chi connectivity index (χ4n) is 0.813. The number of nitrogens with two attached hydrogens (primary N) is 1. The lowest BCUT2D eigenvalue weighted by molar-refractivity contribution is 0.643. The van der Waals surface area contributed by atoms with E-state index in [2.05, 4.69) is 15.0 Å². The normalized spacial score (nSPS) is 10.5. The molecule has 0 unspecified atom stereocenters. The van der Waals surface area contributed by atoms with Gasteiger partial charge in [0, 0.05) is 20.2 Å². The Balaban J connectivity index is 3.33. The zero-order chi connectivity index (χ0) is 11.4. The highest BCUT2D eigenvalue weighted by atomic mass is 16.1. The average Bonchev–Trinajstić information content (AvgIpc) is 2.21. The Labute approximate surface area is 85.3 Å². The molecule has 80 valence electrons. The molecule has 0 saturated heterocycles. The van der Waals surface area contributed by atoms with E-state index in [0.29, 0.717) is 0 Å². The molecule has 0 aliphatic carbocycles. The van der Waals surface area contributed by atoms with Gasteiger partial charge < -0.3 is 10.6 Å². The van der Waals surface area contributed by atoms with E-state index >= 15 is 0 Å². The van der Waals surface area contributed by atoms with Crippen molar-refractivity contribution >= 4 is 18.0 Å². The van der Waals surface area contributed by atoms with Gasteiger partial charge in [-0.15, -0.1) is 0 Å². The number of rotatable bonds is 2. The van der Waals surface area contributed by atoms with E-state index in [1.54, 1.807) is 19.0 Å². The van der Waals surface area contributed by atoms with Gasteiger partial charge in [0.2, 0.25) is 5.95 Å². The van der Waals surface area contributed by atoms with Crippen molar-refractivity contribution in [2.24, 2.45) is 4.99 Å². The van der Waals surface area contributed by atoms with Crippen LogP contribution < -0.4 is 16.9 Å². The molecule has 0 aliphatic heterocycles. The fraction of sp³-hybridized carbons (Fsp3) is 0.250. The predicted molar refractivity (Wildman–Crippen MR) is 57.4 cm³/mol. The Hall–Kier alpha value is -2.18. The Kier molecular flexibility index (Phi) is 3.17. The SMILES string of the molecule is CN(C)C=Nc1cc(=O)[nH]c(N)nc1=O. The molecular weight excluding hydrogens is 198 g/mol. The van der Waals surface area contributed by atoms with E-state index in [-0.39, 0.29) is 11.6 Å². The van der Waals surface area contributed by atoms with E-state index in [1.165, 1.54) is 6.34 Å². The summed E-state index contributed by atoms with van der Waals surface area (Å²) in [4.78, 5) is 33.5. The Morgan fingerprint density at radius 1 is 1.53 bits per heavy atom. The maximum atomic E-state index is 11.3. The number of nitrogen functional groups attached to an aromatic ring is 1. The minimum atomic E-state index is -0.649. The number of H-pyrrole nitrogens is 1. The minimum Gasteiger partial charge on any atom is -0.369 e. The number of hydrogen-bond donors (Lipinski definition) is 2. The maximum Gasteiger partial charge on any atom is 0.299 e. The van der Waals surface area contributed by atoms with Gasteiger partial charge in [0.15, 0.2) is 0 Å². The van der Waals surface area contributed by atoms with E-state index in [0.717, 1.165) is 6.07 Å². The maximum absolute atomic E-state index is 11.3. The van der Waals surface area contributed by atoms with Crippen LogP contribution >= 0.6 is 0 Å². The summed E-state index contributed by atoms with van der Waals surface area (Å²) < 4.78 is 0. The second-order valence-corrected chi connectivity index (χ2v) is 3.03. The Morgan fingerprint density at radius 3 is 2.80 bits per heavy atom. The molecule has 0 atom stereocenters. The van der Waals surface area contributed by atoms with Crippen LogP contribution in [-0.4, -0.2) is 35.3 Å². The number of nitrogens with one attached hydrogen (secondary N) is 1. The molecule has 1 heterocycles. The van der Waals surface area contributed by atoms with Crippen LogP contribution in [0.25, 0.3) is 0 Å². The van der Waals surface area contributed by atoms with Crippen molar-refractivity contribution < 1.29 is 0 Å². The summed E-state index contributed by atoms with van der Waals surface area (Å²) in [6.07, 6.45) is 1.40. The van der Waals surface area contributed by atoms with Crippen LogP contribution in [0, 0.1) is 0 Å². The first-order chi connectivity index (χ1) is 6.99. The summed E-state index contributed by atoms with van der Waals surface area (Å²) in [5, 5.41) is 0. The van der Waals surface area contributed by atoms with Crippen LogP contribution in [0.3, 0.4) is 0 Å². The first kappa shape index (κ1) is 10.9. The highest BCUT2D eigenvalue weighted by Gasteiger charge is 1.98. The molecular formula is C8H11N5O2. The van der Waals surface area contributed by atoms with Crippen LogP contribution in [0.15, 0.2) is 20.6 Å². The summed E-state index contributed by atoms with van der Waals surface area (Å²) in [5.74, 6) is -0.226. The number of aromatic nitrogens is 2. The van der Waals surface area contributed by atoms with Crippen LogP contribution in [0.4, 0.5) is 11.6 Å². The van der Waals surface area contributed by atoms with Crippen LogP contribution in [0.5, 0.6) is 0 Å². The molecule has 1 rings (SSSR count). The molecule has 7 nitrogen and oxygen atoms in total. The third kappa shape index (κ3) is 3.22. The van der Waals surface area contributed by atoms with Crippen molar-refractivity contribution in [3.63, 3.8) is 0 Å². The van der Waals surface area contributed by atoms with Gasteiger partial charge in [-0.1, -0.05) is 0 Å². The first-order valence-corrected chi connectivity index (χ1v) is 4.11. The molecule has 0 aliphatic rings. The summed E-state index contributed by atoms with van der Waals surface area (Å²) >= 11 is 0. The third-order valence-electron chi connectivity index (χ3n) is 1.39. The lowest BCUT2D eigenvalue weighted by Crippen LogP contribution is -2.09. The van der Waals surface area contributed by atoms with Gasteiger partial charge in [-0.2, -0.15) is 4.98 Å². The molecule has 0 radical (unpaired) electrons. The summed E-state index contributed by atoms with van der Waals surface area (Å²) in [6.45, 7) is 0. The highest BCUT2D eigenvalue weighted by molar-refractivity contribution is 5.59. The fourth-order valence-corrected chi connectivity index (χ4v) is 0.813. The zero-order valence-corrected chi connectivity index (χ0v) is 8.39. The molecule has 1 aromatic rings. The van der Waals surface area contributed by atoms with Crippen LogP contribution in [-0.2, 0) is 0 Å². The van der Waals surface area contributed by atoms with Crippen molar-refractivity contribution in [3.8, 4) is 0 Å². The van der Waals surface area contributed by atoms with Gasteiger partial charge >= 0.3 is 0 Å². The molecule has 0 bridgehead atoms. The topological polar surface area (TPSA) is 104 Å². The number of aliphatic imine (C=N–C) groups is 1. The highest BCUT2D eigenvalue weighted by Crippen LogP contribution is 1.97. The number of aromatic amines is 1. The van der Waals surface area contributed by atoms with Gasteiger partial charge in [-0.3, -0.25) is 14.6 Å². The smallest absolute Gasteiger partial charge is 0.299 e. The van der Waals surface area contributed by atoms with E-state index in [1.807, 2.05) is 0 Å². The lowest BCUT2D eigenvalue weighted by atomic mass is 10.5. The van der Waals surface area contributed by atoms with Gasteiger partial charge in [0.25, 0.3) is 11.1 Å². The molecule has 0 aromatic carbocycles. The summed E-state index contributed by atoms with van der Waals surface area (Å²) in [6, 6.07) is 1.05. The predicted octanol–water partition coefficient (Wildman–Crippen LogP) is -1.07. The van der Waals surface area contributed by atoms with E-state index in [9.17, 15) is 9.59 Å². The Bertz CT molecular complexity index is 491. The van der Waals surface area contributed by atoms with Gasteiger partial charge in [0.1, 0.15) is 5.69 Å². The van der Waals surface area contributed by atoms with Crippen molar-refractivity contribution in [1.29, 1.82) is 0 Å². The van der Waals surface area contributed by atoms with Crippen LogP contribution in [0.1, 0.15) is 0 Å². The van der Waals surface area contributed by atoms with Gasteiger partial charge in [-0.05, 0) is 0 Å². The monoisotopic (exact) mass is 209 g/mol. The molecule has 3 N–H and O–H groups in total. The molecule has 0 saturated carbocycles. The van der Waals surface area contributed by atoms with Crippen molar-refractivity contribution in [3.05, 3.63) is 26.8 Å². The standard InChI is InChI=1S/C8H11N5O2/c1-13(2)4-10-5-3-6(14)11-8(9)12-7(5)15/h3-4H,1-2H3,(H3,9,11,12,14,15). The molecule has 0 amide bonds. The number of hydrogen-bond acceptors (Lipinski definition) is 5. The lowest BCUT2D eigenvalue weighted by Gasteiger charge is -2.00. The molecule has 0 fully saturated rings. The van der Waals surface area contributed by atoms with E-state index < -0.39 is 11.1 Å². The Morgan fingerprint density at radius 2 is 2.20 bits per heavy atom. The quantitative estimate of drug-likeness (QED) is 0.477. The summed E-state index contributed by atoms with van der Waals surface area (Å²) in [5.41, 5.74) is 4.01. The molecule has 7 heteroatoms. The van der Waals surface area contributed by atoms with Crippen molar-refractivity contribution in [1.82, 2.24) is 14.9 Å². The van der Waals surface area contributed by atoms with Gasteiger partial charge in [0.05, 0.1) is 6.34 Å². The largest absolute Gasteiger partial charge is 0.369 e. The second-order valence-electron chi connectivity index (χ2n) is 3.03. The summed E-state index contributed by atoms with van der Waals surface area (Å²) in [7, 11) is 3.48. The first-order valence-electron chi connectivity index (χ1n) is 4.11. The number of anilines is 1. The van der Waals surface area contributed by atoms with Gasteiger partial charge in [-0.25, -0.2) is 4.99 Å². The van der Waals surface area contributed by atoms with E-state index in [4.69, 9.17) is 5.73 Å².